The Morgan fingerprint density at radius 3 is 2.67 bits per heavy atom. The quantitative estimate of drug-likeness (QED) is 0.814. The molecule has 0 heterocycles. The van der Waals surface area contributed by atoms with Gasteiger partial charge in [-0.25, -0.2) is 0 Å². The zero-order valence-electron chi connectivity index (χ0n) is 10.6. The Morgan fingerprint density at radius 2 is 2.11 bits per heavy atom. The Hall–Kier alpha value is -1.46. The molecular weight excluding hydrogens is 256 g/mol. The maximum Gasteiger partial charge on any atom is 0.234 e. The summed E-state index contributed by atoms with van der Waals surface area (Å²) in [6, 6.07) is 5.54. The summed E-state index contributed by atoms with van der Waals surface area (Å²) in [4.78, 5) is 11.0. The number of carbonyl (C=O) groups is 1. The van der Waals surface area contributed by atoms with E-state index in [4.69, 9.17) is 15.2 Å². The fourth-order valence-electron chi connectivity index (χ4n) is 1.37. The van der Waals surface area contributed by atoms with Crippen molar-refractivity contribution in [1.82, 2.24) is 5.32 Å². The first-order valence-electron chi connectivity index (χ1n) is 5.47. The third-order valence-corrected chi connectivity index (χ3v) is 2.20. The molecule has 3 N–H and O–H groups in total. The molecule has 0 spiro atoms. The number of hydrogen-bond acceptors (Lipinski definition) is 4. The molecule has 1 rings (SSSR count). The van der Waals surface area contributed by atoms with Gasteiger partial charge in [0.1, 0.15) is 0 Å². The predicted molar refractivity (Wildman–Crippen MR) is 72.3 cm³/mol. The van der Waals surface area contributed by atoms with Crippen LogP contribution >= 0.6 is 12.4 Å². The van der Waals surface area contributed by atoms with Crippen molar-refractivity contribution in [3.05, 3.63) is 23.8 Å². The Bertz CT molecular complexity index is 386. The maximum atomic E-state index is 11.0. The SMILES string of the molecule is CCOc1ccc(CNC(=O)CN)cc1OC.Cl. The molecule has 0 aliphatic carbocycles. The minimum atomic E-state index is -0.183. The standard InChI is InChI=1S/C12H18N2O3.ClH/c1-3-17-10-5-4-9(6-11(10)16-2)8-14-12(15)7-13;/h4-6H,3,7-8,13H2,1-2H3,(H,14,15);1H. The van der Waals surface area contributed by atoms with E-state index in [1.165, 1.54) is 0 Å². The van der Waals surface area contributed by atoms with Crippen LogP contribution in [0.15, 0.2) is 18.2 Å². The molecule has 0 fully saturated rings. The Morgan fingerprint density at radius 1 is 1.39 bits per heavy atom. The molecule has 0 atom stereocenters. The van der Waals surface area contributed by atoms with Gasteiger partial charge in [0, 0.05) is 6.54 Å². The lowest BCUT2D eigenvalue weighted by Gasteiger charge is -2.11. The summed E-state index contributed by atoms with van der Waals surface area (Å²) >= 11 is 0. The highest BCUT2D eigenvalue weighted by Crippen LogP contribution is 2.27. The van der Waals surface area contributed by atoms with Gasteiger partial charge in [-0.3, -0.25) is 4.79 Å². The zero-order chi connectivity index (χ0) is 12.7. The molecule has 5 nitrogen and oxygen atoms in total. The third kappa shape index (κ3) is 4.81. The average Bonchev–Trinajstić information content (AvgIpc) is 2.37. The van der Waals surface area contributed by atoms with E-state index in [1.54, 1.807) is 7.11 Å². The zero-order valence-corrected chi connectivity index (χ0v) is 11.4. The van der Waals surface area contributed by atoms with Gasteiger partial charge in [-0.05, 0) is 24.6 Å². The van der Waals surface area contributed by atoms with E-state index >= 15 is 0 Å². The monoisotopic (exact) mass is 274 g/mol. The minimum absolute atomic E-state index is 0. The van der Waals surface area contributed by atoms with Crippen molar-refractivity contribution in [2.24, 2.45) is 5.73 Å². The maximum absolute atomic E-state index is 11.0. The van der Waals surface area contributed by atoms with Gasteiger partial charge < -0.3 is 20.5 Å². The fourth-order valence-corrected chi connectivity index (χ4v) is 1.37. The van der Waals surface area contributed by atoms with Gasteiger partial charge in [0.05, 0.1) is 20.3 Å². The Labute approximate surface area is 113 Å². The number of rotatable bonds is 6. The number of ether oxygens (including phenoxy) is 2. The summed E-state index contributed by atoms with van der Waals surface area (Å²) in [5.74, 6) is 1.17. The van der Waals surface area contributed by atoms with Crippen LogP contribution in [-0.4, -0.2) is 26.2 Å². The molecule has 0 aliphatic heterocycles. The normalized spacial score (nSPS) is 9.28. The van der Waals surface area contributed by atoms with E-state index in [0.29, 0.717) is 24.7 Å². The molecule has 0 saturated carbocycles. The number of nitrogens with two attached hydrogens (primary N) is 1. The van der Waals surface area contributed by atoms with E-state index < -0.39 is 0 Å². The number of methoxy groups -OCH3 is 1. The number of nitrogens with one attached hydrogen (secondary N) is 1. The van der Waals surface area contributed by atoms with Crippen LogP contribution in [0.1, 0.15) is 12.5 Å². The number of carbonyl (C=O) groups excluding carboxylic acids is 1. The van der Waals surface area contributed by atoms with Crippen molar-refractivity contribution in [3.63, 3.8) is 0 Å². The number of hydrogen-bond donors (Lipinski definition) is 2. The lowest BCUT2D eigenvalue weighted by atomic mass is 10.2. The lowest BCUT2D eigenvalue weighted by Crippen LogP contribution is -2.29. The van der Waals surface area contributed by atoms with Crippen molar-refractivity contribution in [2.45, 2.75) is 13.5 Å². The molecule has 0 radical (unpaired) electrons. The molecule has 1 aromatic rings. The minimum Gasteiger partial charge on any atom is -0.493 e. The molecular formula is C12H19ClN2O3. The topological polar surface area (TPSA) is 73.6 Å². The largest absolute Gasteiger partial charge is 0.493 e. The molecule has 1 amide bonds. The average molecular weight is 275 g/mol. The van der Waals surface area contributed by atoms with Gasteiger partial charge >= 0.3 is 0 Å². The van der Waals surface area contributed by atoms with E-state index in [9.17, 15) is 4.79 Å². The molecule has 0 aliphatic rings. The van der Waals surface area contributed by atoms with Crippen LogP contribution in [0, 0.1) is 0 Å². The van der Waals surface area contributed by atoms with Crippen molar-refractivity contribution in [2.75, 3.05) is 20.3 Å². The van der Waals surface area contributed by atoms with Crippen LogP contribution in [0.3, 0.4) is 0 Å². The number of amides is 1. The van der Waals surface area contributed by atoms with Crippen molar-refractivity contribution in [3.8, 4) is 11.5 Å². The van der Waals surface area contributed by atoms with Crippen molar-refractivity contribution >= 4 is 18.3 Å². The van der Waals surface area contributed by atoms with Crippen LogP contribution in [0.2, 0.25) is 0 Å². The Kier molecular flexibility index (Phi) is 7.91. The highest BCUT2D eigenvalue weighted by Gasteiger charge is 2.05. The summed E-state index contributed by atoms with van der Waals surface area (Å²) in [6.07, 6.45) is 0. The molecule has 18 heavy (non-hydrogen) atoms. The molecule has 0 aromatic heterocycles. The van der Waals surface area contributed by atoms with E-state index in [1.807, 2.05) is 25.1 Å². The molecule has 0 bridgehead atoms. The second-order valence-corrected chi connectivity index (χ2v) is 3.40. The van der Waals surface area contributed by atoms with Crippen LogP contribution in [0.25, 0.3) is 0 Å². The molecule has 1 aromatic carbocycles. The van der Waals surface area contributed by atoms with Gasteiger partial charge in [-0.1, -0.05) is 6.07 Å². The van der Waals surface area contributed by atoms with E-state index in [0.717, 1.165) is 5.56 Å². The number of benzene rings is 1. The van der Waals surface area contributed by atoms with Crippen molar-refractivity contribution < 1.29 is 14.3 Å². The first-order valence-corrected chi connectivity index (χ1v) is 5.47. The van der Waals surface area contributed by atoms with Crippen LogP contribution in [0.5, 0.6) is 11.5 Å². The molecule has 0 unspecified atom stereocenters. The number of halogens is 1. The Balaban J connectivity index is 0.00000289. The predicted octanol–water partition coefficient (Wildman–Crippen LogP) is 1.09. The summed E-state index contributed by atoms with van der Waals surface area (Å²) < 4.78 is 10.6. The highest BCUT2D eigenvalue weighted by molar-refractivity contribution is 5.85. The van der Waals surface area contributed by atoms with Gasteiger partial charge in [-0.2, -0.15) is 0 Å². The van der Waals surface area contributed by atoms with Gasteiger partial charge in [0.15, 0.2) is 11.5 Å². The lowest BCUT2D eigenvalue weighted by molar-refractivity contribution is -0.119. The van der Waals surface area contributed by atoms with Gasteiger partial charge in [0.2, 0.25) is 5.91 Å². The van der Waals surface area contributed by atoms with E-state index in [2.05, 4.69) is 5.32 Å². The summed E-state index contributed by atoms with van der Waals surface area (Å²) in [7, 11) is 1.58. The smallest absolute Gasteiger partial charge is 0.234 e. The summed E-state index contributed by atoms with van der Waals surface area (Å²) in [5, 5.41) is 2.69. The molecule has 102 valence electrons. The van der Waals surface area contributed by atoms with Gasteiger partial charge in [0.25, 0.3) is 0 Å². The van der Waals surface area contributed by atoms with Crippen LogP contribution < -0.4 is 20.5 Å². The summed E-state index contributed by atoms with van der Waals surface area (Å²) in [5.41, 5.74) is 6.14. The first kappa shape index (κ1) is 16.5. The second-order valence-electron chi connectivity index (χ2n) is 3.40. The van der Waals surface area contributed by atoms with Crippen LogP contribution in [-0.2, 0) is 11.3 Å². The fraction of sp³-hybridized carbons (Fsp3) is 0.417. The molecule has 0 saturated heterocycles. The third-order valence-electron chi connectivity index (χ3n) is 2.20. The highest BCUT2D eigenvalue weighted by atomic mass is 35.5. The summed E-state index contributed by atoms with van der Waals surface area (Å²) in [6.45, 7) is 2.92. The van der Waals surface area contributed by atoms with Crippen LogP contribution in [0.4, 0.5) is 0 Å². The van der Waals surface area contributed by atoms with Crippen molar-refractivity contribution in [1.29, 1.82) is 0 Å². The molecule has 6 heteroatoms. The second kappa shape index (κ2) is 8.60. The van der Waals surface area contributed by atoms with E-state index in [-0.39, 0.29) is 24.9 Å². The van der Waals surface area contributed by atoms with Gasteiger partial charge in [-0.15, -0.1) is 12.4 Å². The first-order chi connectivity index (χ1) is 8.21.